The second kappa shape index (κ2) is 7.63. The van der Waals surface area contributed by atoms with Crippen molar-refractivity contribution < 1.29 is 14.3 Å². The van der Waals surface area contributed by atoms with Crippen LogP contribution >= 0.6 is 0 Å². The fraction of sp³-hybridized carbons (Fsp3) is 0.158. The van der Waals surface area contributed by atoms with Crippen LogP contribution in [0.3, 0.4) is 0 Å². The van der Waals surface area contributed by atoms with Gasteiger partial charge < -0.3 is 19.4 Å². The first kappa shape index (κ1) is 16.7. The molecule has 1 amide bonds. The summed E-state index contributed by atoms with van der Waals surface area (Å²) in [5, 5.41) is 2.61. The molecule has 25 heavy (non-hydrogen) atoms. The SMILES string of the molecule is COCNC(=O)c1cn(-c2cccc(-c3ccccc3OC)c2)cn1. The Morgan fingerprint density at radius 2 is 2.00 bits per heavy atom. The van der Waals surface area contributed by atoms with Crippen molar-refractivity contribution in [2.45, 2.75) is 0 Å². The second-order valence-electron chi connectivity index (χ2n) is 5.36. The van der Waals surface area contributed by atoms with Crippen molar-refractivity contribution in [2.75, 3.05) is 21.0 Å². The number of carbonyl (C=O) groups is 1. The molecule has 1 heterocycles. The van der Waals surface area contributed by atoms with E-state index in [0.717, 1.165) is 22.6 Å². The maximum atomic E-state index is 11.9. The Labute approximate surface area is 146 Å². The molecule has 0 radical (unpaired) electrons. The van der Waals surface area contributed by atoms with E-state index >= 15 is 0 Å². The van der Waals surface area contributed by atoms with Crippen molar-refractivity contribution in [3.05, 3.63) is 66.7 Å². The van der Waals surface area contributed by atoms with E-state index in [1.165, 1.54) is 7.11 Å². The lowest BCUT2D eigenvalue weighted by Crippen LogP contribution is -2.25. The number of amides is 1. The van der Waals surface area contributed by atoms with Gasteiger partial charge in [0.25, 0.3) is 5.91 Å². The molecule has 1 N–H and O–H groups in total. The Hall–Kier alpha value is -3.12. The van der Waals surface area contributed by atoms with E-state index in [4.69, 9.17) is 9.47 Å². The van der Waals surface area contributed by atoms with Crippen LogP contribution in [0.5, 0.6) is 5.75 Å². The Balaban J connectivity index is 1.90. The molecule has 0 aliphatic rings. The predicted octanol–water partition coefficient (Wildman–Crippen LogP) is 2.88. The van der Waals surface area contributed by atoms with E-state index in [9.17, 15) is 4.79 Å². The highest BCUT2D eigenvalue weighted by Gasteiger charge is 2.10. The van der Waals surface area contributed by atoms with E-state index in [1.807, 2.05) is 48.5 Å². The molecular weight excluding hydrogens is 318 g/mol. The molecule has 3 rings (SSSR count). The van der Waals surface area contributed by atoms with Gasteiger partial charge in [-0.15, -0.1) is 0 Å². The van der Waals surface area contributed by atoms with E-state index in [0.29, 0.717) is 5.69 Å². The van der Waals surface area contributed by atoms with Gasteiger partial charge >= 0.3 is 0 Å². The van der Waals surface area contributed by atoms with Crippen LogP contribution in [0.2, 0.25) is 0 Å². The number of hydrogen-bond acceptors (Lipinski definition) is 4. The molecule has 128 valence electrons. The van der Waals surface area contributed by atoms with Gasteiger partial charge in [-0.2, -0.15) is 0 Å². The van der Waals surface area contributed by atoms with Gasteiger partial charge in [0.15, 0.2) is 0 Å². The van der Waals surface area contributed by atoms with E-state index < -0.39 is 0 Å². The average Bonchev–Trinajstić information content (AvgIpc) is 3.16. The number of hydrogen-bond donors (Lipinski definition) is 1. The maximum absolute atomic E-state index is 11.9. The number of methoxy groups -OCH3 is 2. The van der Waals surface area contributed by atoms with Crippen LogP contribution in [-0.4, -0.2) is 36.4 Å². The van der Waals surface area contributed by atoms with Crippen LogP contribution in [0.25, 0.3) is 16.8 Å². The van der Waals surface area contributed by atoms with Crippen LogP contribution in [0.4, 0.5) is 0 Å². The molecule has 0 bridgehead atoms. The minimum absolute atomic E-state index is 0.148. The molecule has 0 saturated carbocycles. The summed E-state index contributed by atoms with van der Waals surface area (Å²) >= 11 is 0. The standard InChI is InChI=1S/C19H19N3O3/c1-24-13-21-19(23)17-11-22(12-20-17)15-7-5-6-14(10-15)16-8-3-4-9-18(16)25-2/h3-12H,13H2,1-2H3,(H,21,23). The molecule has 0 spiro atoms. The zero-order valence-electron chi connectivity index (χ0n) is 14.1. The largest absolute Gasteiger partial charge is 0.496 e. The fourth-order valence-electron chi connectivity index (χ4n) is 2.53. The minimum Gasteiger partial charge on any atom is -0.496 e. The smallest absolute Gasteiger partial charge is 0.273 e. The summed E-state index contributed by atoms with van der Waals surface area (Å²) in [6.07, 6.45) is 3.30. The van der Waals surface area contributed by atoms with Crippen LogP contribution in [-0.2, 0) is 4.74 Å². The van der Waals surface area contributed by atoms with Gasteiger partial charge in [-0.3, -0.25) is 4.79 Å². The Kier molecular flexibility index (Phi) is 5.11. The number of imidazole rings is 1. The summed E-state index contributed by atoms with van der Waals surface area (Å²) in [5.74, 6) is 0.534. The molecule has 3 aromatic rings. The first-order chi connectivity index (χ1) is 12.2. The molecule has 0 fully saturated rings. The number of para-hydroxylation sites is 1. The quantitative estimate of drug-likeness (QED) is 0.703. The highest BCUT2D eigenvalue weighted by molar-refractivity contribution is 5.92. The third-order valence-corrected chi connectivity index (χ3v) is 3.75. The van der Waals surface area contributed by atoms with Crippen LogP contribution in [0.1, 0.15) is 10.5 Å². The summed E-state index contributed by atoms with van der Waals surface area (Å²) in [6.45, 7) is 0.148. The number of nitrogens with one attached hydrogen (secondary N) is 1. The Morgan fingerprint density at radius 1 is 1.16 bits per heavy atom. The van der Waals surface area contributed by atoms with Gasteiger partial charge in [0.1, 0.15) is 24.5 Å². The van der Waals surface area contributed by atoms with Crippen molar-refractivity contribution in [3.8, 4) is 22.6 Å². The van der Waals surface area contributed by atoms with Gasteiger partial charge in [0.2, 0.25) is 0 Å². The lowest BCUT2D eigenvalue weighted by molar-refractivity contribution is 0.0867. The predicted molar refractivity (Wildman–Crippen MR) is 94.9 cm³/mol. The number of aromatic nitrogens is 2. The molecule has 0 atom stereocenters. The van der Waals surface area contributed by atoms with Crippen LogP contribution in [0.15, 0.2) is 61.1 Å². The molecule has 1 aromatic heterocycles. The highest BCUT2D eigenvalue weighted by atomic mass is 16.5. The monoisotopic (exact) mass is 337 g/mol. The van der Waals surface area contributed by atoms with E-state index in [1.54, 1.807) is 24.2 Å². The number of ether oxygens (including phenoxy) is 2. The van der Waals surface area contributed by atoms with Crippen molar-refractivity contribution >= 4 is 5.91 Å². The summed E-state index contributed by atoms with van der Waals surface area (Å²) in [7, 11) is 3.17. The molecule has 0 aliphatic carbocycles. The molecule has 0 aliphatic heterocycles. The fourth-order valence-corrected chi connectivity index (χ4v) is 2.53. The van der Waals surface area contributed by atoms with Gasteiger partial charge in [-0.1, -0.05) is 30.3 Å². The molecule has 0 unspecified atom stereocenters. The van der Waals surface area contributed by atoms with Crippen LogP contribution in [0, 0.1) is 0 Å². The zero-order valence-corrected chi connectivity index (χ0v) is 14.1. The average molecular weight is 337 g/mol. The van der Waals surface area contributed by atoms with Gasteiger partial charge in [0.05, 0.1) is 7.11 Å². The molecule has 0 saturated heterocycles. The second-order valence-corrected chi connectivity index (χ2v) is 5.36. The van der Waals surface area contributed by atoms with Gasteiger partial charge in [-0.25, -0.2) is 4.98 Å². The topological polar surface area (TPSA) is 65.4 Å². The van der Waals surface area contributed by atoms with E-state index in [2.05, 4.69) is 10.3 Å². The lowest BCUT2D eigenvalue weighted by atomic mass is 10.0. The molecule has 6 heteroatoms. The summed E-state index contributed by atoms with van der Waals surface area (Å²) < 4.78 is 12.1. The normalized spacial score (nSPS) is 10.5. The number of carbonyl (C=O) groups excluding carboxylic acids is 1. The Bertz CT molecular complexity index is 874. The number of nitrogens with zero attached hydrogens (tertiary/aromatic N) is 2. The summed E-state index contributed by atoms with van der Waals surface area (Å²) in [4.78, 5) is 16.1. The zero-order chi connectivity index (χ0) is 17.6. The summed E-state index contributed by atoms with van der Waals surface area (Å²) in [6, 6.07) is 15.8. The maximum Gasteiger partial charge on any atom is 0.273 e. The first-order valence-corrected chi connectivity index (χ1v) is 7.78. The third-order valence-electron chi connectivity index (χ3n) is 3.75. The lowest BCUT2D eigenvalue weighted by Gasteiger charge is -2.10. The third kappa shape index (κ3) is 3.70. The number of rotatable bonds is 6. The summed E-state index contributed by atoms with van der Waals surface area (Å²) in [5.41, 5.74) is 3.26. The van der Waals surface area contributed by atoms with Crippen molar-refractivity contribution in [3.63, 3.8) is 0 Å². The van der Waals surface area contributed by atoms with Gasteiger partial charge in [-0.05, 0) is 23.8 Å². The van der Waals surface area contributed by atoms with Crippen molar-refractivity contribution in [1.82, 2.24) is 14.9 Å². The molecular formula is C19H19N3O3. The molecule has 6 nitrogen and oxygen atoms in total. The van der Waals surface area contributed by atoms with Crippen molar-refractivity contribution in [1.29, 1.82) is 0 Å². The van der Waals surface area contributed by atoms with Crippen molar-refractivity contribution in [2.24, 2.45) is 0 Å². The molecule has 2 aromatic carbocycles. The van der Waals surface area contributed by atoms with E-state index in [-0.39, 0.29) is 12.6 Å². The number of benzene rings is 2. The van der Waals surface area contributed by atoms with Crippen LogP contribution < -0.4 is 10.1 Å². The Morgan fingerprint density at radius 3 is 2.80 bits per heavy atom. The first-order valence-electron chi connectivity index (χ1n) is 7.78. The highest BCUT2D eigenvalue weighted by Crippen LogP contribution is 2.30. The van der Waals surface area contributed by atoms with Gasteiger partial charge in [0, 0.05) is 24.6 Å². The minimum atomic E-state index is -0.276.